The van der Waals surface area contributed by atoms with Crippen LogP contribution in [0, 0.1) is 11.8 Å². The molecular formula is C22H27ClN2OS. The molecule has 0 bridgehead atoms. The van der Waals surface area contributed by atoms with Crippen molar-refractivity contribution in [3.8, 4) is 0 Å². The summed E-state index contributed by atoms with van der Waals surface area (Å²) in [5.74, 6) is 1.36. The number of hydrogen-bond acceptors (Lipinski definition) is 3. The van der Waals surface area contributed by atoms with E-state index in [0.29, 0.717) is 5.92 Å². The molecule has 3 nitrogen and oxygen atoms in total. The van der Waals surface area contributed by atoms with Gasteiger partial charge in [0.15, 0.2) is 0 Å². The number of aliphatic imine (C=N–C) groups is 1. The molecule has 0 radical (unpaired) electrons. The topological polar surface area (TPSA) is 41.5 Å². The van der Waals surface area contributed by atoms with Gasteiger partial charge in [-0.3, -0.25) is 9.79 Å². The van der Waals surface area contributed by atoms with Crippen molar-refractivity contribution in [2.24, 2.45) is 16.8 Å². The molecule has 0 aromatic heterocycles. The second kappa shape index (κ2) is 7.48. The lowest BCUT2D eigenvalue weighted by molar-refractivity contribution is -0.120. The molecule has 1 spiro atoms. The number of carbonyl (C=O) groups excluding carboxylic acids is 1. The van der Waals surface area contributed by atoms with E-state index in [4.69, 9.17) is 4.99 Å². The van der Waals surface area contributed by atoms with E-state index in [9.17, 15) is 4.79 Å². The monoisotopic (exact) mass is 402 g/mol. The molecule has 2 aliphatic heterocycles. The number of nitrogens with zero attached hydrogens (tertiary/aromatic N) is 1. The highest BCUT2D eigenvalue weighted by atomic mass is 35.5. The Kier molecular flexibility index (Phi) is 5.60. The zero-order chi connectivity index (χ0) is 18.4. The molecule has 3 atom stereocenters. The highest BCUT2D eigenvalue weighted by Crippen LogP contribution is 2.53. The summed E-state index contributed by atoms with van der Waals surface area (Å²) in [5, 5.41) is 3.15. The normalized spacial score (nSPS) is 28.6. The summed E-state index contributed by atoms with van der Waals surface area (Å²) in [6, 6.07) is 8.27. The lowest BCUT2D eigenvalue weighted by Gasteiger charge is -2.38. The van der Waals surface area contributed by atoms with E-state index >= 15 is 0 Å². The number of nitrogens with one attached hydrogen (secondary N) is 1. The second-order valence-electron chi connectivity index (χ2n) is 8.41. The predicted octanol–water partition coefficient (Wildman–Crippen LogP) is 5.03. The average Bonchev–Trinajstić information content (AvgIpc) is 2.99. The molecule has 3 unspecified atom stereocenters. The number of hydrogen-bond donors (Lipinski definition) is 1. The number of anilines is 1. The summed E-state index contributed by atoms with van der Waals surface area (Å²) in [5.41, 5.74) is 3.43. The standard InChI is InChI=1S/C22H26N2OS.ClH/c1-21(2,3)15-7-9-16(10-8-15)24-20(25)17-14-26-22-12-5-4-6-19(22)23-13-11-18(17)22;/h4-10,12,17-18H,11,13-14H2,1-3H3,(H,24,25);1H. The van der Waals surface area contributed by atoms with Gasteiger partial charge < -0.3 is 5.32 Å². The minimum absolute atomic E-state index is 0. The van der Waals surface area contributed by atoms with Crippen LogP contribution in [0.4, 0.5) is 5.69 Å². The van der Waals surface area contributed by atoms with Crippen molar-refractivity contribution in [3.63, 3.8) is 0 Å². The number of thioether (sulfide) groups is 1. The molecule has 5 heteroatoms. The molecule has 4 rings (SSSR count). The molecule has 0 saturated carbocycles. The second-order valence-corrected chi connectivity index (χ2v) is 9.71. The Hall–Kier alpha value is -1.52. The van der Waals surface area contributed by atoms with Gasteiger partial charge in [0.2, 0.25) is 5.91 Å². The van der Waals surface area contributed by atoms with Gasteiger partial charge >= 0.3 is 0 Å². The summed E-state index contributed by atoms with van der Waals surface area (Å²) in [6.07, 6.45) is 9.51. The van der Waals surface area contributed by atoms with Crippen LogP contribution in [0.25, 0.3) is 0 Å². The van der Waals surface area contributed by atoms with Crippen LogP contribution in [0.1, 0.15) is 32.8 Å². The average molecular weight is 403 g/mol. The first-order chi connectivity index (χ1) is 12.4. The Morgan fingerprint density at radius 3 is 2.67 bits per heavy atom. The molecule has 1 amide bonds. The van der Waals surface area contributed by atoms with Gasteiger partial charge in [0.1, 0.15) is 0 Å². The van der Waals surface area contributed by atoms with Crippen LogP contribution >= 0.6 is 24.2 Å². The van der Waals surface area contributed by atoms with Crippen LogP contribution in [-0.2, 0) is 10.2 Å². The maximum atomic E-state index is 13.0. The third-order valence-electron chi connectivity index (χ3n) is 5.73. The molecule has 27 heavy (non-hydrogen) atoms. The quantitative estimate of drug-likeness (QED) is 0.753. The van der Waals surface area contributed by atoms with Gasteiger partial charge in [-0.25, -0.2) is 0 Å². The zero-order valence-corrected chi connectivity index (χ0v) is 17.7. The molecule has 1 N–H and O–H groups in total. The van der Waals surface area contributed by atoms with Crippen molar-refractivity contribution >= 4 is 41.5 Å². The van der Waals surface area contributed by atoms with E-state index in [1.807, 2.05) is 23.9 Å². The van der Waals surface area contributed by atoms with Gasteiger partial charge in [0.25, 0.3) is 0 Å². The molecule has 1 aliphatic carbocycles. The maximum absolute atomic E-state index is 13.0. The minimum atomic E-state index is -0.0922. The Balaban J connectivity index is 0.00000210. The summed E-state index contributed by atoms with van der Waals surface area (Å²) in [4.78, 5) is 17.7. The highest BCUT2D eigenvalue weighted by Gasteiger charge is 2.53. The third-order valence-corrected chi connectivity index (χ3v) is 7.38. The number of carbonyl (C=O) groups is 1. The van der Waals surface area contributed by atoms with Crippen molar-refractivity contribution in [2.45, 2.75) is 37.4 Å². The maximum Gasteiger partial charge on any atom is 0.228 e. The summed E-state index contributed by atoms with van der Waals surface area (Å²) < 4.78 is -0.0922. The molecule has 144 valence electrons. The Morgan fingerprint density at radius 2 is 1.96 bits per heavy atom. The van der Waals surface area contributed by atoms with Crippen molar-refractivity contribution in [1.29, 1.82) is 0 Å². The summed E-state index contributed by atoms with van der Waals surface area (Å²) >= 11 is 1.88. The van der Waals surface area contributed by atoms with Gasteiger partial charge in [0, 0.05) is 18.0 Å². The highest BCUT2D eigenvalue weighted by molar-refractivity contribution is 8.02. The number of benzene rings is 1. The molecular weight excluding hydrogens is 376 g/mol. The van der Waals surface area contributed by atoms with Crippen LogP contribution in [0.2, 0.25) is 0 Å². The summed E-state index contributed by atoms with van der Waals surface area (Å²) in [7, 11) is 0. The lowest BCUT2D eigenvalue weighted by Crippen LogP contribution is -2.45. The predicted molar refractivity (Wildman–Crippen MR) is 118 cm³/mol. The van der Waals surface area contributed by atoms with Crippen LogP contribution < -0.4 is 5.32 Å². The van der Waals surface area contributed by atoms with Crippen molar-refractivity contribution in [1.82, 2.24) is 0 Å². The van der Waals surface area contributed by atoms with E-state index in [1.165, 1.54) is 5.56 Å². The van der Waals surface area contributed by atoms with E-state index in [0.717, 1.165) is 30.1 Å². The van der Waals surface area contributed by atoms with Crippen molar-refractivity contribution in [3.05, 3.63) is 54.1 Å². The number of allylic oxidation sites excluding steroid dienone is 3. The zero-order valence-electron chi connectivity index (χ0n) is 16.1. The van der Waals surface area contributed by atoms with Crippen LogP contribution in [-0.4, -0.2) is 28.7 Å². The molecule has 1 fully saturated rings. The third kappa shape index (κ3) is 3.62. The van der Waals surface area contributed by atoms with Gasteiger partial charge in [-0.1, -0.05) is 51.1 Å². The largest absolute Gasteiger partial charge is 0.326 e. The SMILES string of the molecule is CC(C)(C)c1ccc(NC(=O)C2CSC34C=CC=CC3=NCCC24)cc1.Cl. The molecule has 1 saturated heterocycles. The fraction of sp³-hybridized carbons (Fsp3) is 0.455. The molecule has 3 aliphatic rings. The van der Waals surface area contributed by atoms with E-state index in [2.05, 4.69) is 62.5 Å². The molecule has 1 aromatic rings. The van der Waals surface area contributed by atoms with Crippen LogP contribution in [0.3, 0.4) is 0 Å². The first kappa shape index (κ1) is 20.2. The molecule has 2 heterocycles. The fourth-order valence-electron chi connectivity index (χ4n) is 4.21. The van der Waals surface area contributed by atoms with Gasteiger partial charge in [-0.2, -0.15) is 0 Å². The van der Waals surface area contributed by atoms with E-state index in [-0.39, 0.29) is 34.4 Å². The number of halogens is 1. The number of amides is 1. The first-order valence-electron chi connectivity index (χ1n) is 9.36. The fourth-order valence-corrected chi connectivity index (χ4v) is 6.00. The lowest BCUT2D eigenvalue weighted by atomic mass is 9.74. The Labute approximate surface area is 172 Å². The van der Waals surface area contributed by atoms with Gasteiger partial charge in [-0.15, -0.1) is 24.2 Å². The van der Waals surface area contributed by atoms with E-state index in [1.54, 1.807) is 0 Å². The Morgan fingerprint density at radius 1 is 1.22 bits per heavy atom. The molecule has 1 aromatic carbocycles. The van der Waals surface area contributed by atoms with Gasteiger partial charge in [-0.05, 0) is 41.5 Å². The van der Waals surface area contributed by atoms with Crippen molar-refractivity contribution in [2.75, 3.05) is 17.6 Å². The number of rotatable bonds is 2. The smallest absolute Gasteiger partial charge is 0.228 e. The first-order valence-corrected chi connectivity index (χ1v) is 10.3. The van der Waals surface area contributed by atoms with Crippen molar-refractivity contribution < 1.29 is 4.79 Å². The Bertz CT molecular complexity index is 807. The van der Waals surface area contributed by atoms with Crippen LogP contribution in [0.15, 0.2) is 53.6 Å². The van der Waals surface area contributed by atoms with Crippen LogP contribution in [0.5, 0.6) is 0 Å². The summed E-state index contributed by atoms with van der Waals surface area (Å²) in [6.45, 7) is 7.42. The minimum Gasteiger partial charge on any atom is -0.326 e. The van der Waals surface area contributed by atoms with E-state index < -0.39 is 0 Å². The van der Waals surface area contributed by atoms with Gasteiger partial charge in [0.05, 0.1) is 16.4 Å².